The predicted molar refractivity (Wildman–Crippen MR) is 59.3 cm³/mol. The first kappa shape index (κ1) is 12.1. The van der Waals surface area contributed by atoms with Gasteiger partial charge in [-0.15, -0.1) is 0 Å². The van der Waals surface area contributed by atoms with Gasteiger partial charge in [-0.3, -0.25) is 0 Å². The number of rotatable bonds is 5. The van der Waals surface area contributed by atoms with Gasteiger partial charge in [-0.25, -0.2) is 4.39 Å². The molecule has 1 aromatic carbocycles. The van der Waals surface area contributed by atoms with Gasteiger partial charge in [-0.1, -0.05) is 18.2 Å². The average Bonchev–Trinajstić information content (AvgIpc) is 2.21. The summed E-state index contributed by atoms with van der Waals surface area (Å²) in [6.45, 7) is 4.56. The van der Waals surface area contributed by atoms with Crippen LogP contribution in [0.4, 0.5) is 4.39 Å². The lowest BCUT2D eigenvalue weighted by Gasteiger charge is -2.23. The molecule has 0 aliphatic rings. The number of hydrogen-bond donors (Lipinski definition) is 2. The van der Waals surface area contributed by atoms with Gasteiger partial charge in [0.2, 0.25) is 0 Å². The Labute approximate surface area is 90.1 Å². The first-order valence-electron chi connectivity index (χ1n) is 5.14. The van der Waals surface area contributed by atoms with E-state index in [1.807, 2.05) is 19.9 Å². The molecule has 0 atom stereocenters. The lowest BCUT2D eigenvalue weighted by molar-refractivity contribution is 0.189. The first-order valence-corrected chi connectivity index (χ1v) is 5.14. The molecule has 15 heavy (non-hydrogen) atoms. The summed E-state index contributed by atoms with van der Waals surface area (Å²) in [5.41, 5.74) is 0.407. The van der Waals surface area contributed by atoms with Crippen molar-refractivity contribution in [2.75, 3.05) is 13.2 Å². The van der Waals surface area contributed by atoms with E-state index < -0.39 is 0 Å². The minimum absolute atomic E-state index is 0.0737. The Bertz CT molecular complexity index is 312. The molecular weight excluding hydrogens is 193 g/mol. The van der Waals surface area contributed by atoms with Gasteiger partial charge in [0, 0.05) is 5.54 Å². The molecule has 0 heterocycles. The highest BCUT2D eigenvalue weighted by atomic mass is 19.1. The van der Waals surface area contributed by atoms with Crippen molar-refractivity contribution in [3.8, 4) is 0 Å². The summed E-state index contributed by atoms with van der Waals surface area (Å²) in [5, 5.41) is 12.2. The second-order valence-electron chi connectivity index (χ2n) is 4.31. The molecule has 3 heteroatoms. The Hall–Kier alpha value is -0.930. The zero-order valence-electron chi connectivity index (χ0n) is 9.26. The van der Waals surface area contributed by atoms with Crippen LogP contribution in [0.3, 0.4) is 0 Å². The van der Waals surface area contributed by atoms with Crippen molar-refractivity contribution in [2.45, 2.75) is 25.8 Å². The summed E-state index contributed by atoms with van der Waals surface area (Å²) in [4.78, 5) is 0. The average molecular weight is 211 g/mol. The number of aliphatic hydroxyl groups excluding tert-OH is 1. The topological polar surface area (TPSA) is 32.3 Å². The third kappa shape index (κ3) is 3.98. The van der Waals surface area contributed by atoms with Gasteiger partial charge in [-0.2, -0.15) is 0 Å². The number of hydrogen-bond acceptors (Lipinski definition) is 2. The summed E-state index contributed by atoms with van der Waals surface area (Å²) >= 11 is 0. The van der Waals surface area contributed by atoms with Gasteiger partial charge in [-0.05, 0) is 38.4 Å². The van der Waals surface area contributed by atoms with Gasteiger partial charge < -0.3 is 10.4 Å². The largest absolute Gasteiger partial charge is 0.394 e. The first-order chi connectivity index (χ1) is 7.05. The van der Waals surface area contributed by atoms with E-state index in [1.54, 1.807) is 12.1 Å². The Morgan fingerprint density at radius 1 is 1.33 bits per heavy atom. The van der Waals surface area contributed by atoms with Crippen molar-refractivity contribution in [3.63, 3.8) is 0 Å². The van der Waals surface area contributed by atoms with Crippen LogP contribution in [0.15, 0.2) is 24.3 Å². The molecule has 0 fully saturated rings. The minimum atomic E-state index is -0.300. The summed E-state index contributed by atoms with van der Waals surface area (Å²) in [5.74, 6) is -0.166. The van der Waals surface area contributed by atoms with Gasteiger partial charge in [0.15, 0.2) is 0 Å². The summed E-state index contributed by atoms with van der Waals surface area (Å²) < 4.78 is 13.2. The Balaban J connectivity index is 2.42. The molecule has 0 saturated heterocycles. The highest BCUT2D eigenvalue weighted by molar-refractivity contribution is 5.17. The molecule has 0 aliphatic heterocycles. The van der Waals surface area contributed by atoms with E-state index in [2.05, 4.69) is 5.32 Å². The molecule has 0 aliphatic carbocycles. The van der Waals surface area contributed by atoms with Gasteiger partial charge in [0.05, 0.1) is 6.61 Å². The van der Waals surface area contributed by atoms with Crippen molar-refractivity contribution in [1.29, 1.82) is 0 Å². The van der Waals surface area contributed by atoms with E-state index in [0.717, 1.165) is 0 Å². The number of halogens is 1. The highest BCUT2D eigenvalue weighted by Gasteiger charge is 2.14. The van der Waals surface area contributed by atoms with Crippen LogP contribution in [0.5, 0.6) is 0 Å². The molecule has 2 N–H and O–H groups in total. The predicted octanol–water partition coefficient (Wildman–Crippen LogP) is 1.73. The van der Waals surface area contributed by atoms with E-state index in [-0.39, 0.29) is 18.0 Å². The molecule has 84 valence electrons. The minimum Gasteiger partial charge on any atom is -0.394 e. The Morgan fingerprint density at radius 2 is 2.00 bits per heavy atom. The summed E-state index contributed by atoms with van der Waals surface area (Å²) in [6, 6.07) is 6.76. The molecular formula is C12H18FNO. The molecule has 0 saturated carbocycles. The molecule has 0 radical (unpaired) electrons. The summed E-state index contributed by atoms with van der Waals surface area (Å²) in [7, 11) is 0. The standard InChI is InChI=1S/C12H18FNO/c1-12(2,9-15)14-8-7-10-5-3-4-6-11(10)13/h3-6,14-15H,7-9H2,1-2H3. The van der Waals surface area contributed by atoms with Crippen LogP contribution >= 0.6 is 0 Å². The van der Waals surface area contributed by atoms with E-state index in [9.17, 15) is 4.39 Å². The lowest BCUT2D eigenvalue weighted by Crippen LogP contribution is -2.43. The zero-order valence-corrected chi connectivity index (χ0v) is 9.26. The third-order valence-corrected chi connectivity index (χ3v) is 2.35. The van der Waals surface area contributed by atoms with Crippen molar-refractivity contribution >= 4 is 0 Å². The maximum Gasteiger partial charge on any atom is 0.126 e. The molecule has 0 amide bonds. The van der Waals surface area contributed by atoms with Crippen molar-refractivity contribution in [3.05, 3.63) is 35.6 Å². The molecule has 0 aromatic heterocycles. The van der Waals surface area contributed by atoms with Crippen LogP contribution in [0.1, 0.15) is 19.4 Å². The number of aliphatic hydroxyl groups is 1. The van der Waals surface area contributed by atoms with Crippen molar-refractivity contribution in [1.82, 2.24) is 5.32 Å². The highest BCUT2D eigenvalue weighted by Crippen LogP contribution is 2.07. The monoisotopic (exact) mass is 211 g/mol. The number of nitrogens with one attached hydrogen (secondary N) is 1. The fourth-order valence-corrected chi connectivity index (χ4v) is 1.29. The van der Waals surface area contributed by atoms with E-state index in [1.165, 1.54) is 6.07 Å². The van der Waals surface area contributed by atoms with Gasteiger partial charge in [0.1, 0.15) is 5.82 Å². The van der Waals surface area contributed by atoms with E-state index in [4.69, 9.17) is 5.11 Å². The Kier molecular flexibility index (Phi) is 4.24. The quantitative estimate of drug-likeness (QED) is 0.777. The Morgan fingerprint density at radius 3 is 2.60 bits per heavy atom. The summed E-state index contributed by atoms with van der Waals surface area (Å²) in [6.07, 6.45) is 0.635. The van der Waals surface area contributed by atoms with E-state index in [0.29, 0.717) is 18.5 Å². The fourth-order valence-electron chi connectivity index (χ4n) is 1.29. The fraction of sp³-hybridized carbons (Fsp3) is 0.500. The van der Waals surface area contributed by atoms with Crippen LogP contribution in [0.2, 0.25) is 0 Å². The molecule has 1 rings (SSSR count). The maximum atomic E-state index is 13.2. The van der Waals surface area contributed by atoms with Crippen LogP contribution in [-0.4, -0.2) is 23.8 Å². The molecule has 0 spiro atoms. The van der Waals surface area contributed by atoms with Gasteiger partial charge >= 0.3 is 0 Å². The van der Waals surface area contributed by atoms with Crippen LogP contribution in [0.25, 0.3) is 0 Å². The van der Waals surface area contributed by atoms with Crippen LogP contribution < -0.4 is 5.32 Å². The third-order valence-electron chi connectivity index (χ3n) is 2.35. The SMILES string of the molecule is CC(C)(CO)NCCc1ccccc1F. The molecule has 1 aromatic rings. The molecule has 0 unspecified atom stereocenters. The molecule has 2 nitrogen and oxygen atoms in total. The normalized spacial score (nSPS) is 11.7. The van der Waals surface area contributed by atoms with Crippen LogP contribution in [0, 0.1) is 5.82 Å². The van der Waals surface area contributed by atoms with Crippen molar-refractivity contribution < 1.29 is 9.50 Å². The second-order valence-corrected chi connectivity index (χ2v) is 4.31. The second kappa shape index (κ2) is 5.24. The molecule has 0 bridgehead atoms. The smallest absolute Gasteiger partial charge is 0.126 e. The lowest BCUT2D eigenvalue weighted by atomic mass is 10.1. The number of benzene rings is 1. The maximum absolute atomic E-state index is 13.2. The van der Waals surface area contributed by atoms with Crippen LogP contribution in [-0.2, 0) is 6.42 Å². The zero-order chi connectivity index (χ0) is 11.3. The van der Waals surface area contributed by atoms with Crippen molar-refractivity contribution in [2.24, 2.45) is 0 Å². The van der Waals surface area contributed by atoms with Gasteiger partial charge in [0.25, 0.3) is 0 Å². The van der Waals surface area contributed by atoms with E-state index >= 15 is 0 Å².